The van der Waals surface area contributed by atoms with Crippen molar-refractivity contribution in [2.24, 2.45) is 0 Å². The Morgan fingerprint density at radius 1 is 0.480 bits per heavy atom. The molecule has 0 amide bonds. The molecule has 9 rings (SSSR count). The van der Waals surface area contributed by atoms with Gasteiger partial charge < -0.3 is 4.57 Å². The Kier molecular flexibility index (Phi) is 7.30. The summed E-state index contributed by atoms with van der Waals surface area (Å²) >= 11 is 3.84. The van der Waals surface area contributed by atoms with E-state index in [1.807, 2.05) is 24.3 Å². The molecule has 4 nitrogen and oxygen atoms in total. The van der Waals surface area contributed by atoms with Crippen LogP contribution in [0.2, 0.25) is 0 Å². The highest BCUT2D eigenvalue weighted by Crippen LogP contribution is 2.36. The largest absolute Gasteiger partial charge is 0.309 e. The predicted octanol–water partition coefficient (Wildman–Crippen LogP) is 12.0. The van der Waals surface area contributed by atoms with Gasteiger partial charge in [0.25, 0.3) is 0 Å². The van der Waals surface area contributed by atoms with Crippen molar-refractivity contribution in [2.75, 3.05) is 0 Å². The van der Waals surface area contributed by atoms with Crippen LogP contribution in [0.1, 0.15) is 5.56 Å². The van der Waals surface area contributed by atoms with E-state index >= 15 is 0 Å². The summed E-state index contributed by atoms with van der Waals surface area (Å²) in [5, 5.41) is 14.0. The molecule has 234 valence electrons. The van der Waals surface area contributed by atoms with Crippen LogP contribution in [0.5, 0.6) is 0 Å². The van der Waals surface area contributed by atoms with Gasteiger partial charge in [-0.3, -0.25) is 0 Å². The van der Waals surface area contributed by atoms with Crippen LogP contribution >= 0.6 is 15.9 Å². The summed E-state index contributed by atoms with van der Waals surface area (Å²) in [7, 11) is 0. The first-order chi connectivity index (χ1) is 24.6. The van der Waals surface area contributed by atoms with Crippen molar-refractivity contribution >= 4 is 48.5 Å². The van der Waals surface area contributed by atoms with Crippen LogP contribution in [0.25, 0.3) is 83.3 Å². The molecule has 50 heavy (non-hydrogen) atoms. The lowest BCUT2D eigenvalue weighted by atomic mass is 10.0. The molecular weight excluding hydrogens is 676 g/mol. The molecule has 0 N–H and O–H groups in total. The first kappa shape index (κ1) is 29.8. The molecular formula is C45H27BrN4. The van der Waals surface area contributed by atoms with Gasteiger partial charge in [-0.1, -0.05) is 125 Å². The lowest BCUT2D eigenvalue weighted by Gasteiger charge is -2.13. The first-order valence-corrected chi connectivity index (χ1v) is 17.2. The third kappa shape index (κ3) is 5.33. The number of aromatic nitrogens is 3. The van der Waals surface area contributed by atoms with E-state index in [9.17, 15) is 5.26 Å². The van der Waals surface area contributed by atoms with Crippen molar-refractivity contribution in [1.82, 2.24) is 14.5 Å². The Hall–Kier alpha value is -6.35. The molecule has 0 aliphatic rings. The fourth-order valence-corrected chi connectivity index (χ4v) is 7.30. The van der Waals surface area contributed by atoms with Crippen molar-refractivity contribution in [1.29, 1.82) is 5.26 Å². The monoisotopic (exact) mass is 702 g/mol. The Labute approximate surface area is 297 Å². The smallest absolute Gasteiger partial charge is 0.160 e. The summed E-state index contributed by atoms with van der Waals surface area (Å²) in [6.07, 6.45) is 0. The van der Waals surface area contributed by atoms with E-state index in [1.165, 1.54) is 16.2 Å². The molecule has 5 heteroatoms. The average molecular weight is 704 g/mol. The minimum absolute atomic E-state index is 0.647. The number of benzene rings is 7. The van der Waals surface area contributed by atoms with E-state index in [2.05, 4.69) is 166 Å². The first-order valence-electron chi connectivity index (χ1n) is 16.4. The van der Waals surface area contributed by atoms with Gasteiger partial charge in [0, 0.05) is 37.6 Å². The molecule has 0 atom stereocenters. The average Bonchev–Trinajstić information content (AvgIpc) is 3.52. The van der Waals surface area contributed by atoms with Crippen LogP contribution < -0.4 is 0 Å². The third-order valence-electron chi connectivity index (χ3n) is 9.28. The van der Waals surface area contributed by atoms with E-state index < -0.39 is 0 Å². The summed E-state index contributed by atoms with van der Waals surface area (Å²) in [6.45, 7) is 0. The zero-order chi connectivity index (χ0) is 33.6. The SMILES string of the molecule is N#Cc1ccc(-c2ccc(-c3cc(-c4cc(Br)cc(-n5c6ccccc6c6ccccc65)c4)nc(-c4ccc5ccccc5c4)n3)cc2)cc1. The molecule has 0 spiro atoms. The van der Waals surface area contributed by atoms with Gasteiger partial charge >= 0.3 is 0 Å². The number of fused-ring (bicyclic) bond motifs is 4. The highest BCUT2D eigenvalue weighted by molar-refractivity contribution is 9.10. The molecule has 9 aromatic rings. The van der Waals surface area contributed by atoms with Gasteiger partial charge in [-0.05, 0) is 76.5 Å². The van der Waals surface area contributed by atoms with E-state index in [0.29, 0.717) is 11.4 Å². The second-order valence-corrected chi connectivity index (χ2v) is 13.3. The zero-order valence-corrected chi connectivity index (χ0v) is 28.3. The van der Waals surface area contributed by atoms with E-state index in [4.69, 9.17) is 9.97 Å². The van der Waals surface area contributed by atoms with Crippen LogP contribution in [0.4, 0.5) is 0 Å². The van der Waals surface area contributed by atoms with Gasteiger partial charge in [0.2, 0.25) is 0 Å². The summed E-state index contributed by atoms with van der Waals surface area (Å²) < 4.78 is 3.29. The normalized spacial score (nSPS) is 11.3. The molecule has 0 saturated carbocycles. The molecule has 2 aromatic heterocycles. The second-order valence-electron chi connectivity index (χ2n) is 12.4. The molecule has 0 unspecified atom stereocenters. The Balaban J connectivity index is 1.21. The quantitative estimate of drug-likeness (QED) is 0.179. The van der Waals surface area contributed by atoms with Crippen molar-refractivity contribution in [2.45, 2.75) is 0 Å². The van der Waals surface area contributed by atoms with Crippen molar-refractivity contribution in [3.63, 3.8) is 0 Å². The minimum atomic E-state index is 0.647. The van der Waals surface area contributed by atoms with Crippen LogP contribution in [-0.4, -0.2) is 14.5 Å². The van der Waals surface area contributed by atoms with Crippen molar-refractivity contribution in [3.05, 3.63) is 174 Å². The lowest BCUT2D eigenvalue weighted by Crippen LogP contribution is -1.98. The Bertz CT molecular complexity index is 2720. The number of halogens is 1. The van der Waals surface area contributed by atoms with Crippen LogP contribution in [0.3, 0.4) is 0 Å². The standard InChI is InChI=1S/C45H27BrN4/c46-37-24-36(25-38(26-37)50-43-11-5-3-9-39(43)40-10-4-6-12-44(40)50)42-27-41(33-20-17-32(18-21-33)31-15-13-29(28-47)14-16-31)48-45(49-42)35-22-19-30-7-1-2-8-34(30)23-35/h1-27H. The zero-order valence-electron chi connectivity index (χ0n) is 26.8. The minimum Gasteiger partial charge on any atom is -0.309 e. The summed E-state index contributed by atoms with van der Waals surface area (Å²) in [5.74, 6) is 0.665. The molecule has 7 aromatic carbocycles. The molecule has 0 saturated heterocycles. The highest BCUT2D eigenvalue weighted by atomic mass is 79.9. The predicted molar refractivity (Wildman–Crippen MR) is 208 cm³/mol. The lowest BCUT2D eigenvalue weighted by molar-refractivity contribution is 1.16. The summed E-state index contributed by atoms with van der Waals surface area (Å²) in [5.41, 5.74) is 10.7. The van der Waals surface area contributed by atoms with E-state index in [-0.39, 0.29) is 0 Å². The van der Waals surface area contributed by atoms with Crippen LogP contribution in [-0.2, 0) is 0 Å². The third-order valence-corrected chi connectivity index (χ3v) is 9.74. The number of rotatable bonds is 5. The second kappa shape index (κ2) is 12.3. The van der Waals surface area contributed by atoms with Crippen LogP contribution in [0.15, 0.2) is 168 Å². The molecule has 0 aliphatic carbocycles. The number of nitriles is 1. The van der Waals surface area contributed by atoms with Crippen molar-refractivity contribution in [3.8, 4) is 56.8 Å². The van der Waals surface area contributed by atoms with Gasteiger partial charge in [0.1, 0.15) is 0 Å². The topological polar surface area (TPSA) is 54.5 Å². The van der Waals surface area contributed by atoms with Gasteiger partial charge in [-0.2, -0.15) is 5.26 Å². The van der Waals surface area contributed by atoms with Crippen LogP contribution in [0, 0.1) is 11.3 Å². The summed E-state index contributed by atoms with van der Waals surface area (Å²) in [4.78, 5) is 10.4. The molecule has 0 bridgehead atoms. The summed E-state index contributed by atoms with van der Waals surface area (Å²) in [6, 6.07) is 58.7. The van der Waals surface area contributed by atoms with Gasteiger partial charge in [0.15, 0.2) is 5.82 Å². The van der Waals surface area contributed by atoms with Gasteiger partial charge in [0.05, 0.1) is 34.1 Å². The fraction of sp³-hybridized carbons (Fsp3) is 0. The molecule has 0 radical (unpaired) electrons. The Morgan fingerprint density at radius 3 is 1.72 bits per heavy atom. The van der Waals surface area contributed by atoms with E-state index in [1.54, 1.807) is 0 Å². The number of hydrogen-bond donors (Lipinski definition) is 0. The highest BCUT2D eigenvalue weighted by Gasteiger charge is 2.16. The maximum Gasteiger partial charge on any atom is 0.160 e. The molecule has 2 heterocycles. The maximum absolute atomic E-state index is 9.22. The maximum atomic E-state index is 9.22. The molecule has 0 aliphatic heterocycles. The van der Waals surface area contributed by atoms with Crippen molar-refractivity contribution < 1.29 is 0 Å². The number of nitrogens with zero attached hydrogens (tertiary/aromatic N) is 4. The van der Waals surface area contributed by atoms with Gasteiger partial charge in [-0.15, -0.1) is 0 Å². The Morgan fingerprint density at radius 2 is 1.04 bits per heavy atom. The number of para-hydroxylation sites is 2. The van der Waals surface area contributed by atoms with E-state index in [0.717, 1.165) is 65.8 Å². The van der Waals surface area contributed by atoms with Gasteiger partial charge in [-0.25, -0.2) is 9.97 Å². The molecule has 0 fully saturated rings. The fourth-order valence-electron chi connectivity index (χ4n) is 6.82. The number of hydrogen-bond acceptors (Lipinski definition) is 3.